The van der Waals surface area contributed by atoms with Gasteiger partial charge in [0.05, 0.1) is 30.9 Å². The highest BCUT2D eigenvalue weighted by Gasteiger charge is 2.28. The van der Waals surface area contributed by atoms with Crippen LogP contribution in [0.5, 0.6) is 5.75 Å². The molecule has 0 atom stereocenters. The van der Waals surface area contributed by atoms with Crippen molar-refractivity contribution in [2.75, 3.05) is 33.4 Å². The van der Waals surface area contributed by atoms with E-state index in [1.807, 2.05) is 66.3 Å². The number of benzene rings is 2. The first-order chi connectivity index (χ1) is 16.1. The van der Waals surface area contributed by atoms with E-state index in [2.05, 4.69) is 16.0 Å². The maximum atomic E-state index is 12.7. The van der Waals surface area contributed by atoms with Gasteiger partial charge in [0, 0.05) is 30.4 Å². The first-order valence-electron chi connectivity index (χ1n) is 10.8. The molecule has 0 N–H and O–H groups in total. The number of hydrogen-bond donors (Lipinski definition) is 0. The van der Waals surface area contributed by atoms with Crippen LogP contribution in [0.15, 0.2) is 64.6 Å². The standard InChI is InChI=1S/C25H24N4O3S/c1-17-14-18(8-9-21(17)31-2)23-19(16-29(27-23)20-6-4-3-5-7-20)15-22-24(30)26-25(33-22)28-10-12-32-13-11-28/h3-9,14-16H,10-13H2,1-2H3/b22-15+. The van der Waals surface area contributed by atoms with Crippen LogP contribution >= 0.6 is 11.8 Å². The average Bonchev–Trinajstić information content (AvgIpc) is 3.44. The number of aryl methyl sites for hydroxylation is 1. The van der Waals surface area contributed by atoms with Crippen molar-refractivity contribution >= 4 is 28.9 Å². The number of rotatable bonds is 4. The summed E-state index contributed by atoms with van der Waals surface area (Å²) in [5.41, 5.74) is 4.58. The Hall–Kier alpha value is -3.36. The van der Waals surface area contributed by atoms with E-state index < -0.39 is 0 Å². The number of methoxy groups -OCH3 is 1. The van der Waals surface area contributed by atoms with Gasteiger partial charge in [-0.2, -0.15) is 10.1 Å². The Morgan fingerprint density at radius 1 is 1.12 bits per heavy atom. The molecular weight excluding hydrogens is 436 g/mol. The van der Waals surface area contributed by atoms with Crippen LogP contribution in [0.1, 0.15) is 11.1 Å². The van der Waals surface area contributed by atoms with Gasteiger partial charge in [-0.25, -0.2) is 4.68 Å². The van der Waals surface area contributed by atoms with Crippen LogP contribution in [0.25, 0.3) is 23.0 Å². The SMILES string of the molecule is COc1ccc(-c2nn(-c3ccccc3)cc2/C=C2/SC(N3CCOCC3)=NC2=O)cc1C. The number of aromatic nitrogens is 2. The van der Waals surface area contributed by atoms with Gasteiger partial charge in [-0.3, -0.25) is 4.79 Å². The number of para-hydroxylation sites is 1. The molecule has 8 heteroatoms. The van der Waals surface area contributed by atoms with Crippen LogP contribution in [0.3, 0.4) is 0 Å². The van der Waals surface area contributed by atoms with Gasteiger partial charge in [-0.05, 0) is 60.7 Å². The quantitative estimate of drug-likeness (QED) is 0.545. The molecule has 7 nitrogen and oxygen atoms in total. The van der Waals surface area contributed by atoms with Gasteiger partial charge in [0.15, 0.2) is 5.17 Å². The Balaban J connectivity index is 1.53. The molecule has 0 bridgehead atoms. The predicted octanol–water partition coefficient (Wildman–Crippen LogP) is 4.16. The largest absolute Gasteiger partial charge is 0.496 e. The van der Waals surface area contributed by atoms with Crippen molar-refractivity contribution in [3.05, 3.63) is 70.8 Å². The van der Waals surface area contributed by atoms with Gasteiger partial charge >= 0.3 is 0 Å². The zero-order valence-corrected chi connectivity index (χ0v) is 19.3. The van der Waals surface area contributed by atoms with Crippen LogP contribution < -0.4 is 4.74 Å². The van der Waals surface area contributed by atoms with E-state index in [-0.39, 0.29) is 5.91 Å². The highest BCUT2D eigenvalue weighted by molar-refractivity contribution is 8.18. The maximum absolute atomic E-state index is 12.7. The zero-order chi connectivity index (χ0) is 22.8. The molecule has 0 aliphatic carbocycles. The fraction of sp³-hybridized carbons (Fsp3) is 0.240. The lowest BCUT2D eigenvalue weighted by Crippen LogP contribution is -2.38. The number of hydrogen-bond acceptors (Lipinski definition) is 6. The molecular formula is C25H24N4O3S. The maximum Gasteiger partial charge on any atom is 0.286 e. The summed E-state index contributed by atoms with van der Waals surface area (Å²) in [4.78, 5) is 19.7. The van der Waals surface area contributed by atoms with Crippen LogP contribution in [0.4, 0.5) is 0 Å². The second-order valence-electron chi connectivity index (χ2n) is 7.81. The molecule has 168 valence electrons. The van der Waals surface area contributed by atoms with E-state index in [9.17, 15) is 4.79 Å². The number of ether oxygens (including phenoxy) is 2. The third-order valence-corrected chi connectivity index (χ3v) is 6.65. The van der Waals surface area contributed by atoms with Crippen molar-refractivity contribution in [2.45, 2.75) is 6.92 Å². The number of amides is 1. The molecule has 2 aromatic carbocycles. The van der Waals surface area contributed by atoms with Crippen molar-refractivity contribution in [1.29, 1.82) is 0 Å². The van der Waals surface area contributed by atoms with Gasteiger partial charge < -0.3 is 14.4 Å². The van der Waals surface area contributed by atoms with E-state index in [1.54, 1.807) is 7.11 Å². The minimum Gasteiger partial charge on any atom is -0.496 e. The van der Waals surface area contributed by atoms with Gasteiger partial charge in [-0.1, -0.05) is 18.2 Å². The van der Waals surface area contributed by atoms with E-state index in [0.29, 0.717) is 18.1 Å². The molecule has 1 amide bonds. The second-order valence-corrected chi connectivity index (χ2v) is 8.82. The summed E-state index contributed by atoms with van der Waals surface area (Å²) in [6.45, 7) is 4.80. The van der Waals surface area contributed by atoms with Crippen LogP contribution in [-0.4, -0.2) is 59.2 Å². The highest BCUT2D eigenvalue weighted by atomic mass is 32.2. The molecule has 5 rings (SSSR count). The van der Waals surface area contributed by atoms with E-state index in [1.165, 1.54) is 11.8 Å². The lowest BCUT2D eigenvalue weighted by molar-refractivity contribution is -0.113. The third-order valence-electron chi connectivity index (χ3n) is 5.61. The summed E-state index contributed by atoms with van der Waals surface area (Å²) in [5, 5.41) is 5.61. The highest BCUT2D eigenvalue weighted by Crippen LogP contribution is 2.34. The van der Waals surface area contributed by atoms with Crippen molar-refractivity contribution in [3.8, 4) is 22.7 Å². The topological polar surface area (TPSA) is 68.9 Å². The molecule has 0 radical (unpaired) electrons. The Kier molecular flexibility index (Phi) is 6.02. The van der Waals surface area contributed by atoms with Crippen molar-refractivity contribution in [1.82, 2.24) is 14.7 Å². The van der Waals surface area contributed by atoms with Crippen molar-refractivity contribution in [3.63, 3.8) is 0 Å². The molecule has 2 aliphatic heterocycles. The average molecular weight is 461 g/mol. The van der Waals surface area contributed by atoms with E-state index >= 15 is 0 Å². The number of nitrogens with zero attached hydrogens (tertiary/aromatic N) is 4. The molecule has 1 saturated heterocycles. The molecule has 0 spiro atoms. The lowest BCUT2D eigenvalue weighted by atomic mass is 10.0. The van der Waals surface area contributed by atoms with E-state index in [4.69, 9.17) is 14.6 Å². The molecule has 0 saturated carbocycles. The Labute approximate surface area is 196 Å². The summed E-state index contributed by atoms with van der Waals surface area (Å²) < 4.78 is 12.7. The summed E-state index contributed by atoms with van der Waals surface area (Å²) >= 11 is 1.41. The number of thioether (sulfide) groups is 1. The fourth-order valence-electron chi connectivity index (χ4n) is 3.89. The normalized spacial score (nSPS) is 17.5. The predicted molar refractivity (Wildman–Crippen MR) is 131 cm³/mol. The van der Waals surface area contributed by atoms with Crippen molar-refractivity contribution < 1.29 is 14.3 Å². The lowest BCUT2D eigenvalue weighted by Gasteiger charge is -2.27. The first kappa shape index (κ1) is 21.5. The minimum absolute atomic E-state index is 0.217. The minimum atomic E-state index is -0.217. The zero-order valence-electron chi connectivity index (χ0n) is 18.5. The molecule has 1 fully saturated rings. The van der Waals surface area contributed by atoms with Gasteiger partial charge in [-0.15, -0.1) is 0 Å². The summed E-state index contributed by atoms with van der Waals surface area (Å²) in [5.74, 6) is 0.608. The molecule has 1 aromatic heterocycles. The van der Waals surface area contributed by atoms with E-state index in [0.717, 1.165) is 52.1 Å². The van der Waals surface area contributed by atoms with Gasteiger partial charge in [0.25, 0.3) is 5.91 Å². The molecule has 3 aromatic rings. The van der Waals surface area contributed by atoms with Crippen LogP contribution in [-0.2, 0) is 9.53 Å². The summed E-state index contributed by atoms with van der Waals surface area (Å²) in [6, 6.07) is 15.9. The van der Waals surface area contributed by atoms with Gasteiger partial charge in [0.2, 0.25) is 0 Å². The Morgan fingerprint density at radius 3 is 2.64 bits per heavy atom. The Morgan fingerprint density at radius 2 is 1.91 bits per heavy atom. The smallest absolute Gasteiger partial charge is 0.286 e. The summed E-state index contributed by atoms with van der Waals surface area (Å²) in [6.07, 6.45) is 3.85. The summed E-state index contributed by atoms with van der Waals surface area (Å²) in [7, 11) is 1.66. The van der Waals surface area contributed by atoms with Crippen LogP contribution in [0, 0.1) is 6.92 Å². The molecule has 33 heavy (non-hydrogen) atoms. The number of carbonyl (C=O) groups excluding carboxylic acids is 1. The molecule has 3 heterocycles. The second kappa shape index (κ2) is 9.25. The third kappa shape index (κ3) is 4.44. The molecule has 2 aliphatic rings. The molecule has 0 unspecified atom stereocenters. The fourth-order valence-corrected chi connectivity index (χ4v) is 4.84. The number of carbonyl (C=O) groups is 1. The number of aliphatic imine (C=N–C) groups is 1. The van der Waals surface area contributed by atoms with Crippen molar-refractivity contribution in [2.24, 2.45) is 4.99 Å². The van der Waals surface area contributed by atoms with Crippen LogP contribution in [0.2, 0.25) is 0 Å². The first-order valence-corrected chi connectivity index (χ1v) is 11.6. The number of amidine groups is 1. The van der Waals surface area contributed by atoms with Gasteiger partial charge in [0.1, 0.15) is 11.4 Å². The Bertz CT molecular complexity index is 1240. The number of morpholine rings is 1. The monoisotopic (exact) mass is 460 g/mol.